The average molecular weight is 650 g/mol. The summed E-state index contributed by atoms with van der Waals surface area (Å²) in [5.41, 5.74) is -1.80. The summed E-state index contributed by atoms with van der Waals surface area (Å²) < 4.78 is 87.1. The Balaban J connectivity index is 1.69. The van der Waals surface area contributed by atoms with Gasteiger partial charge in [0, 0.05) is 43.5 Å². The van der Waals surface area contributed by atoms with Crippen LogP contribution in [0, 0.1) is 0 Å². The monoisotopic (exact) mass is 649 g/mol. The van der Waals surface area contributed by atoms with Gasteiger partial charge in [0.25, 0.3) is 11.8 Å². The van der Waals surface area contributed by atoms with E-state index in [0.29, 0.717) is 22.0 Å². The third-order valence-electron chi connectivity index (χ3n) is 6.67. The van der Waals surface area contributed by atoms with Crippen LogP contribution >= 0.6 is 11.8 Å². The van der Waals surface area contributed by atoms with Gasteiger partial charge >= 0.3 is 24.5 Å². The number of halogens is 6. The van der Waals surface area contributed by atoms with Crippen molar-refractivity contribution in [2.75, 3.05) is 34.8 Å². The zero-order valence-corrected chi connectivity index (χ0v) is 23.9. The lowest BCUT2D eigenvalue weighted by Crippen LogP contribution is -2.51. The van der Waals surface area contributed by atoms with Gasteiger partial charge in [-0.3, -0.25) is 19.5 Å². The van der Waals surface area contributed by atoms with Crippen molar-refractivity contribution in [2.24, 2.45) is 0 Å². The van der Waals surface area contributed by atoms with Crippen LogP contribution in [0.25, 0.3) is 0 Å². The number of benzene rings is 1. The van der Waals surface area contributed by atoms with Crippen LogP contribution in [-0.2, 0) is 25.7 Å². The van der Waals surface area contributed by atoms with Crippen molar-refractivity contribution in [3.63, 3.8) is 0 Å². The highest BCUT2D eigenvalue weighted by Crippen LogP contribution is 2.38. The number of alkyl halides is 6. The molecule has 1 atom stereocenters. The van der Waals surface area contributed by atoms with Gasteiger partial charge in [-0.1, -0.05) is 0 Å². The van der Waals surface area contributed by atoms with E-state index >= 15 is 0 Å². The Kier molecular flexibility index (Phi) is 9.34. The molecule has 1 aromatic heterocycles. The van der Waals surface area contributed by atoms with Crippen LogP contribution in [0.15, 0.2) is 42.7 Å². The van der Waals surface area contributed by atoms with Crippen molar-refractivity contribution >= 4 is 47.0 Å². The number of urea groups is 1. The molecule has 1 unspecified atom stereocenters. The van der Waals surface area contributed by atoms with E-state index < -0.39 is 59.6 Å². The summed E-state index contributed by atoms with van der Waals surface area (Å²) in [7, 11) is 0. The van der Waals surface area contributed by atoms with Crippen molar-refractivity contribution in [1.82, 2.24) is 14.8 Å². The number of amides is 4. The van der Waals surface area contributed by atoms with E-state index in [1.165, 1.54) is 42.9 Å². The molecule has 1 N–H and O–H groups in total. The highest BCUT2D eigenvalue weighted by molar-refractivity contribution is 7.99. The molecule has 0 aliphatic carbocycles. The minimum absolute atomic E-state index is 0.0180. The molecule has 3 heterocycles. The molecule has 11 nitrogen and oxygen atoms in total. The first-order chi connectivity index (χ1) is 20.5. The molecule has 44 heavy (non-hydrogen) atoms. The molecule has 238 valence electrons. The Labute approximate surface area is 250 Å². The van der Waals surface area contributed by atoms with Gasteiger partial charge in [0.05, 0.1) is 11.4 Å². The van der Waals surface area contributed by atoms with E-state index in [1.807, 2.05) is 5.32 Å². The van der Waals surface area contributed by atoms with E-state index in [2.05, 4.69) is 14.5 Å². The number of aromatic nitrogens is 1. The number of imide groups is 1. The number of thioether (sulfide) groups is 1. The molecule has 1 aromatic carbocycles. The van der Waals surface area contributed by atoms with Crippen LogP contribution in [0.1, 0.15) is 19.4 Å². The van der Waals surface area contributed by atoms with Gasteiger partial charge < -0.3 is 19.7 Å². The summed E-state index contributed by atoms with van der Waals surface area (Å²) in [5.74, 6) is -5.11. The Morgan fingerprint density at radius 1 is 1.05 bits per heavy atom. The molecule has 18 heteroatoms. The molecule has 2 aromatic rings. The first kappa shape index (κ1) is 32.8. The third-order valence-corrected chi connectivity index (χ3v) is 7.61. The van der Waals surface area contributed by atoms with Crippen molar-refractivity contribution in [3.05, 3.63) is 48.3 Å². The molecule has 0 saturated carbocycles. The van der Waals surface area contributed by atoms with Crippen LogP contribution in [0.3, 0.4) is 0 Å². The highest BCUT2D eigenvalue weighted by Gasteiger charge is 2.52. The minimum Gasteiger partial charge on any atom is -0.430 e. The lowest BCUT2D eigenvalue weighted by molar-refractivity contribution is -0.274. The molecular formula is C26H25F6N5O6S. The number of rotatable bonds is 8. The molecule has 4 amide bonds. The lowest BCUT2D eigenvalue weighted by Gasteiger charge is -2.32. The first-order valence-electron chi connectivity index (χ1n) is 12.8. The van der Waals surface area contributed by atoms with Gasteiger partial charge in [-0.05, 0) is 49.7 Å². The number of pyridine rings is 1. The van der Waals surface area contributed by atoms with Gasteiger partial charge in [0.1, 0.15) is 5.54 Å². The molecule has 2 saturated heterocycles. The topological polar surface area (TPSA) is 121 Å². The maximum Gasteiger partial charge on any atom is 0.573 e. The zero-order chi connectivity index (χ0) is 32.4. The fourth-order valence-corrected chi connectivity index (χ4v) is 5.37. The molecule has 0 spiro atoms. The molecule has 2 aliphatic heterocycles. The quantitative estimate of drug-likeness (QED) is 0.256. The molecule has 2 aliphatic rings. The second kappa shape index (κ2) is 12.5. The van der Waals surface area contributed by atoms with Crippen LogP contribution in [-0.4, -0.2) is 87.5 Å². The minimum atomic E-state index is -5.46. The van der Waals surface area contributed by atoms with E-state index in [4.69, 9.17) is 0 Å². The van der Waals surface area contributed by atoms with E-state index in [0.717, 1.165) is 23.1 Å². The van der Waals surface area contributed by atoms with Gasteiger partial charge in [0.15, 0.2) is 5.75 Å². The molecule has 4 rings (SSSR count). The summed E-state index contributed by atoms with van der Waals surface area (Å²) in [6.45, 7) is 2.97. The number of anilines is 2. The number of nitrogens with zero attached hydrogens (tertiary/aromatic N) is 4. The zero-order valence-electron chi connectivity index (χ0n) is 23.1. The molecule has 0 bridgehead atoms. The van der Waals surface area contributed by atoms with Crippen molar-refractivity contribution in [1.29, 1.82) is 0 Å². The lowest BCUT2D eigenvalue weighted by atomic mass is 10.0. The van der Waals surface area contributed by atoms with Gasteiger partial charge in [0.2, 0.25) is 6.23 Å². The third kappa shape index (κ3) is 7.35. The van der Waals surface area contributed by atoms with Crippen LogP contribution in [0.2, 0.25) is 0 Å². The predicted molar refractivity (Wildman–Crippen MR) is 143 cm³/mol. The first-order valence-corrected chi connectivity index (χ1v) is 14.0. The second-order valence-electron chi connectivity index (χ2n) is 10.0. The summed E-state index contributed by atoms with van der Waals surface area (Å²) in [6.07, 6.45) is -9.93. The second-order valence-corrected chi connectivity index (χ2v) is 11.3. The maximum atomic E-state index is 13.5. The number of carbonyl (C=O) groups excluding carboxylic acids is 4. The Hall–Kier alpha value is -4.06. The number of nitrogens with one attached hydrogen (secondary N) is 1. The van der Waals surface area contributed by atoms with Gasteiger partial charge in [-0.15, -0.1) is 13.2 Å². The number of esters is 1. The van der Waals surface area contributed by atoms with Gasteiger partial charge in [-0.25, -0.2) is 14.5 Å². The summed E-state index contributed by atoms with van der Waals surface area (Å²) >= 11 is 1.42. The predicted octanol–water partition coefficient (Wildman–Crippen LogP) is 4.15. The van der Waals surface area contributed by atoms with Crippen LogP contribution < -0.4 is 15.0 Å². The Morgan fingerprint density at radius 2 is 1.68 bits per heavy atom. The van der Waals surface area contributed by atoms with Gasteiger partial charge in [-0.2, -0.15) is 24.9 Å². The van der Waals surface area contributed by atoms with Crippen LogP contribution in [0.4, 0.5) is 42.5 Å². The SMILES string of the molecule is CC1(C)C(=O)N(c2ccc(OC(F)(F)F)c(NC(=O)C(OC(=O)C(F)(F)F)N3CCSCC3)c2)C(=O)N1Cc1ccncc1. The largest absolute Gasteiger partial charge is 0.573 e. The number of hydrogen-bond donors (Lipinski definition) is 1. The normalized spacial score (nSPS) is 18.3. The summed E-state index contributed by atoms with van der Waals surface area (Å²) in [5, 5.41) is 2.03. The van der Waals surface area contributed by atoms with E-state index in [9.17, 15) is 45.5 Å². The number of ether oxygens (including phenoxy) is 2. The highest BCUT2D eigenvalue weighted by atomic mass is 32.2. The van der Waals surface area contributed by atoms with Crippen molar-refractivity contribution < 1.29 is 55.0 Å². The average Bonchev–Trinajstić information content (AvgIpc) is 3.11. The molecule has 2 fully saturated rings. The van der Waals surface area contributed by atoms with Crippen molar-refractivity contribution in [3.8, 4) is 5.75 Å². The van der Waals surface area contributed by atoms with Crippen LogP contribution in [0.5, 0.6) is 5.75 Å². The molecule has 0 radical (unpaired) electrons. The standard InChI is InChI=1S/C26H25F6N5O6S/c1-24(2)21(39)37(23(41)36(24)14-15-5-7-33-8-6-15)16-3-4-18(43-26(30,31)32)17(13-16)34-19(38)20(35-9-11-44-12-10-35)42-22(40)25(27,28)29/h3-8,13,20H,9-12,14H2,1-2H3,(H,34,38). The fourth-order valence-electron chi connectivity index (χ4n) is 4.44. The smallest absolute Gasteiger partial charge is 0.430 e. The van der Waals surface area contributed by atoms with E-state index in [-0.39, 0.29) is 25.3 Å². The summed E-state index contributed by atoms with van der Waals surface area (Å²) in [6, 6.07) is 4.94. The Bertz CT molecular complexity index is 1420. The summed E-state index contributed by atoms with van der Waals surface area (Å²) in [4.78, 5) is 58.6. The van der Waals surface area contributed by atoms with Crippen molar-refractivity contribution in [2.45, 2.75) is 44.7 Å². The fraction of sp³-hybridized carbons (Fsp3) is 0.423. The number of hydrogen-bond acceptors (Lipinski definition) is 9. The maximum absolute atomic E-state index is 13.5. The Morgan fingerprint density at radius 3 is 2.27 bits per heavy atom. The molecular weight excluding hydrogens is 624 g/mol. The van der Waals surface area contributed by atoms with E-state index in [1.54, 1.807) is 12.1 Å². The number of carbonyl (C=O) groups is 4.